The van der Waals surface area contributed by atoms with E-state index in [-0.39, 0.29) is 5.38 Å². The van der Waals surface area contributed by atoms with Crippen LogP contribution in [0.25, 0.3) is 0 Å². The monoisotopic (exact) mass is 286 g/mol. The zero-order valence-electron chi connectivity index (χ0n) is 12.6. The summed E-state index contributed by atoms with van der Waals surface area (Å²) in [5.41, 5.74) is 5.07. The van der Waals surface area contributed by atoms with Crippen LogP contribution in [-0.2, 0) is 12.8 Å². The second-order valence-electron chi connectivity index (χ2n) is 5.80. The predicted octanol–water partition coefficient (Wildman–Crippen LogP) is 5.78. The topological polar surface area (TPSA) is 0 Å². The number of benzene rings is 2. The Kier molecular flexibility index (Phi) is 5.25. The highest BCUT2D eigenvalue weighted by Crippen LogP contribution is 2.29. The van der Waals surface area contributed by atoms with Gasteiger partial charge in [-0.25, -0.2) is 0 Å². The van der Waals surface area contributed by atoms with Crippen molar-refractivity contribution in [3.63, 3.8) is 0 Å². The Hall–Kier alpha value is -1.27. The molecular weight excluding hydrogens is 264 g/mol. The standard InChI is InChI=1S/C19H23Cl/c1-4-15-5-9-17(10-6-15)19(20)18-11-7-16(8-12-18)13-14(2)3/h5-12,14,19H,4,13H2,1-3H3. The molecule has 1 unspecified atom stereocenters. The lowest BCUT2D eigenvalue weighted by Gasteiger charge is -2.12. The predicted molar refractivity (Wildman–Crippen MR) is 88.5 cm³/mol. The number of alkyl halides is 1. The van der Waals surface area contributed by atoms with Crippen molar-refractivity contribution in [1.82, 2.24) is 0 Å². The van der Waals surface area contributed by atoms with Gasteiger partial charge in [-0.2, -0.15) is 0 Å². The maximum Gasteiger partial charge on any atom is 0.0835 e. The van der Waals surface area contributed by atoms with Gasteiger partial charge in [-0.3, -0.25) is 0 Å². The normalized spacial score (nSPS) is 12.7. The summed E-state index contributed by atoms with van der Waals surface area (Å²) < 4.78 is 0. The van der Waals surface area contributed by atoms with Crippen LogP contribution in [0, 0.1) is 5.92 Å². The number of rotatable bonds is 5. The third kappa shape index (κ3) is 3.86. The van der Waals surface area contributed by atoms with E-state index in [9.17, 15) is 0 Å². The summed E-state index contributed by atoms with van der Waals surface area (Å²) >= 11 is 6.59. The fourth-order valence-corrected chi connectivity index (χ4v) is 2.70. The van der Waals surface area contributed by atoms with Crippen LogP contribution in [0.1, 0.15) is 48.4 Å². The van der Waals surface area contributed by atoms with Gasteiger partial charge < -0.3 is 0 Å². The van der Waals surface area contributed by atoms with Crippen molar-refractivity contribution in [3.8, 4) is 0 Å². The Morgan fingerprint density at radius 1 is 0.800 bits per heavy atom. The highest BCUT2D eigenvalue weighted by atomic mass is 35.5. The van der Waals surface area contributed by atoms with Crippen molar-refractivity contribution in [2.75, 3.05) is 0 Å². The molecule has 0 aromatic heterocycles. The summed E-state index contributed by atoms with van der Waals surface area (Å²) in [6.45, 7) is 6.65. The van der Waals surface area contributed by atoms with Crippen molar-refractivity contribution in [2.24, 2.45) is 5.92 Å². The van der Waals surface area contributed by atoms with Gasteiger partial charge in [-0.05, 0) is 41.0 Å². The largest absolute Gasteiger partial charge is 0.113 e. The second kappa shape index (κ2) is 6.95. The van der Waals surface area contributed by atoms with E-state index in [2.05, 4.69) is 69.3 Å². The number of hydrogen-bond donors (Lipinski definition) is 0. The van der Waals surface area contributed by atoms with Crippen LogP contribution in [0.5, 0.6) is 0 Å². The summed E-state index contributed by atoms with van der Waals surface area (Å²) in [4.78, 5) is 0. The molecule has 0 N–H and O–H groups in total. The molecule has 0 nitrogen and oxygen atoms in total. The van der Waals surface area contributed by atoms with Crippen molar-refractivity contribution >= 4 is 11.6 Å². The number of aryl methyl sites for hydroxylation is 1. The third-order valence-electron chi connectivity index (χ3n) is 3.60. The van der Waals surface area contributed by atoms with Gasteiger partial charge in [0.05, 0.1) is 5.38 Å². The number of halogens is 1. The molecule has 2 aromatic carbocycles. The molecule has 0 amide bonds. The van der Waals surface area contributed by atoms with Crippen LogP contribution in [0.3, 0.4) is 0 Å². The van der Waals surface area contributed by atoms with Gasteiger partial charge in [-0.15, -0.1) is 11.6 Å². The molecule has 0 bridgehead atoms. The Morgan fingerprint density at radius 3 is 1.65 bits per heavy atom. The average molecular weight is 287 g/mol. The molecule has 20 heavy (non-hydrogen) atoms. The molecule has 0 saturated heterocycles. The average Bonchev–Trinajstić information content (AvgIpc) is 2.47. The number of hydrogen-bond acceptors (Lipinski definition) is 0. The van der Waals surface area contributed by atoms with Crippen molar-refractivity contribution < 1.29 is 0 Å². The van der Waals surface area contributed by atoms with E-state index in [1.807, 2.05) is 0 Å². The van der Waals surface area contributed by atoms with Crippen molar-refractivity contribution in [2.45, 2.75) is 39.0 Å². The smallest absolute Gasteiger partial charge is 0.0835 e. The zero-order valence-corrected chi connectivity index (χ0v) is 13.3. The van der Waals surface area contributed by atoms with Crippen LogP contribution < -0.4 is 0 Å². The van der Waals surface area contributed by atoms with Gasteiger partial charge in [0.25, 0.3) is 0 Å². The van der Waals surface area contributed by atoms with Crippen LogP contribution in [0.15, 0.2) is 48.5 Å². The van der Waals surface area contributed by atoms with Crippen molar-refractivity contribution in [3.05, 3.63) is 70.8 Å². The molecule has 0 radical (unpaired) electrons. The minimum absolute atomic E-state index is 0.0611. The van der Waals surface area contributed by atoms with E-state index in [1.54, 1.807) is 0 Å². The second-order valence-corrected chi connectivity index (χ2v) is 6.23. The third-order valence-corrected chi connectivity index (χ3v) is 4.10. The highest BCUT2D eigenvalue weighted by molar-refractivity contribution is 6.22. The fraction of sp³-hybridized carbons (Fsp3) is 0.368. The Bertz CT molecular complexity index is 523. The molecule has 0 saturated carbocycles. The summed E-state index contributed by atoms with van der Waals surface area (Å²) in [6.07, 6.45) is 2.19. The van der Waals surface area contributed by atoms with Crippen LogP contribution in [-0.4, -0.2) is 0 Å². The van der Waals surface area contributed by atoms with Crippen LogP contribution in [0.4, 0.5) is 0 Å². The first-order valence-corrected chi connectivity index (χ1v) is 7.85. The summed E-state index contributed by atoms with van der Waals surface area (Å²) in [6, 6.07) is 17.3. The first kappa shape index (κ1) is 15.1. The van der Waals surface area contributed by atoms with E-state index in [1.165, 1.54) is 22.3 Å². The van der Waals surface area contributed by atoms with Crippen LogP contribution >= 0.6 is 11.6 Å². The summed E-state index contributed by atoms with van der Waals surface area (Å²) in [5, 5.41) is -0.0611. The summed E-state index contributed by atoms with van der Waals surface area (Å²) in [5.74, 6) is 0.689. The van der Waals surface area contributed by atoms with E-state index in [0.29, 0.717) is 5.92 Å². The van der Waals surface area contributed by atoms with Gasteiger partial charge in [-0.1, -0.05) is 69.3 Å². The maximum atomic E-state index is 6.59. The van der Waals surface area contributed by atoms with E-state index in [4.69, 9.17) is 11.6 Å². The van der Waals surface area contributed by atoms with Gasteiger partial charge in [0.15, 0.2) is 0 Å². The Labute approximate surface area is 127 Å². The van der Waals surface area contributed by atoms with Gasteiger partial charge >= 0.3 is 0 Å². The molecule has 2 aromatic rings. The van der Waals surface area contributed by atoms with Gasteiger partial charge in [0, 0.05) is 0 Å². The molecule has 0 aliphatic heterocycles. The Balaban J connectivity index is 2.13. The minimum Gasteiger partial charge on any atom is -0.113 e. The molecule has 106 valence electrons. The molecule has 0 aliphatic rings. The first-order chi connectivity index (χ1) is 9.60. The Morgan fingerprint density at radius 2 is 1.25 bits per heavy atom. The molecule has 1 atom stereocenters. The van der Waals surface area contributed by atoms with Gasteiger partial charge in [0.1, 0.15) is 0 Å². The molecule has 2 rings (SSSR count). The molecular formula is C19H23Cl. The molecule has 0 heterocycles. The molecule has 0 aliphatic carbocycles. The first-order valence-electron chi connectivity index (χ1n) is 7.42. The lowest BCUT2D eigenvalue weighted by molar-refractivity contribution is 0.647. The lowest BCUT2D eigenvalue weighted by Crippen LogP contribution is -1.97. The summed E-state index contributed by atoms with van der Waals surface area (Å²) in [7, 11) is 0. The fourth-order valence-electron chi connectivity index (χ4n) is 2.41. The lowest BCUT2D eigenvalue weighted by atomic mass is 9.98. The van der Waals surface area contributed by atoms with Gasteiger partial charge in [0.2, 0.25) is 0 Å². The SMILES string of the molecule is CCc1ccc(C(Cl)c2ccc(CC(C)C)cc2)cc1. The van der Waals surface area contributed by atoms with E-state index >= 15 is 0 Å². The quantitative estimate of drug-likeness (QED) is 0.612. The molecule has 1 heteroatoms. The van der Waals surface area contributed by atoms with E-state index < -0.39 is 0 Å². The highest BCUT2D eigenvalue weighted by Gasteiger charge is 2.10. The molecule has 0 fully saturated rings. The van der Waals surface area contributed by atoms with Crippen molar-refractivity contribution in [1.29, 1.82) is 0 Å². The maximum absolute atomic E-state index is 6.59. The van der Waals surface area contributed by atoms with Crippen LogP contribution in [0.2, 0.25) is 0 Å². The van der Waals surface area contributed by atoms with E-state index in [0.717, 1.165) is 12.8 Å². The minimum atomic E-state index is -0.0611. The zero-order chi connectivity index (χ0) is 14.5. The molecule has 0 spiro atoms.